The van der Waals surface area contributed by atoms with Gasteiger partial charge in [-0.15, -0.1) is 0 Å². The number of imidazole rings is 1. The van der Waals surface area contributed by atoms with Crippen molar-refractivity contribution in [1.82, 2.24) is 14.9 Å². The number of hydrogen-bond acceptors (Lipinski definition) is 4. The van der Waals surface area contributed by atoms with Gasteiger partial charge in [0.2, 0.25) is 0 Å². The molecule has 6 nitrogen and oxygen atoms in total. The third kappa shape index (κ3) is 3.38. The molecule has 2 N–H and O–H groups in total. The van der Waals surface area contributed by atoms with Crippen LogP contribution in [-0.4, -0.2) is 27.1 Å². The third-order valence-electron chi connectivity index (χ3n) is 3.80. The van der Waals surface area contributed by atoms with E-state index >= 15 is 0 Å². The van der Waals surface area contributed by atoms with Crippen LogP contribution in [0.3, 0.4) is 0 Å². The summed E-state index contributed by atoms with van der Waals surface area (Å²) in [6.07, 6.45) is 5.22. The molecule has 0 aliphatic rings. The number of aromatic nitrogens is 2. The molecule has 1 amide bonds. The summed E-state index contributed by atoms with van der Waals surface area (Å²) >= 11 is 0. The van der Waals surface area contributed by atoms with Gasteiger partial charge in [-0.3, -0.25) is 4.79 Å². The Bertz CT molecular complexity index is 818. The molecule has 1 unspecified atom stereocenters. The Labute approximate surface area is 139 Å². The molecular weight excluding hydrogens is 306 g/mol. The lowest BCUT2D eigenvalue weighted by Gasteiger charge is -2.21. The summed E-state index contributed by atoms with van der Waals surface area (Å²) in [6, 6.07) is 10.6. The third-order valence-corrected chi connectivity index (χ3v) is 3.80. The zero-order chi connectivity index (χ0) is 17.2. The average Bonchev–Trinajstić information content (AvgIpc) is 3.24. The molecule has 0 aliphatic carbocycles. The van der Waals surface area contributed by atoms with Crippen LogP contribution in [0.4, 0.5) is 0 Å². The molecule has 3 aromatic rings. The molecule has 0 bridgehead atoms. The lowest BCUT2D eigenvalue weighted by atomic mass is 10.0. The van der Waals surface area contributed by atoms with Gasteiger partial charge in [-0.05, 0) is 50.2 Å². The van der Waals surface area contributed by atoms with Gasteiger partial charge in [-0.2, -0.15) is 0 Å². The van der Waals surface area contributed by atoms with Crippen molar-refractivity contribution >= 4 is 5.91 Å². The SMILES string of the molecule is Cc1ccc(C(C)(O)CNC(=O)c2ccc(-n3ccnc3)cc2)o1. The van der Waals surface area contributed by atoms with Crippen LogP contribution in [0.15, 0.2) is 59.5 Å². The number of benzene rings is 1. The lowest BCUT2D eigenvalue weighted by Crippen LogP contribution is -2.38. The second-order valence-corrected chi connectivity index (χ2v) is 5.88. The first-order valence-electron chi connectivity index (χ1n) is 7.61. The summed E-state index contributed by atoms with van der Waals surface area (Å²) in [5.41, 5.74) is 0.174. The van der Waals surface area contributed by atoms with Crippen LogP contribution < -0.4 is 5.32 Å². The Morgan fingerprint density at radius 1 is 1.29 bits per heavy atom. The number of aliphatic hydroxyl groups is 1. The largest absolute Gasteiger partial charge is 0.463 e. The highest BCUT2D eigenvalue weighted by Gasteiger charge is 2.27. The number of hydrogen-bond donors (Lipinski definition) is 2. The minimum absolute atomic E-state index is 0.0576. The van der Waals surface area contributed by atoms with E-state index in [-0.39, 0.29) is 12.5 Å². The molecule has 0 saturated heterocycles. The number of furan rings is 1. The highest BCUT2D eigenvalue weighted by atomic mass is 16.4. The minimum Gasteiger partial charge on any atom is -0.463 e. The van der Waals surface area contributed by atoms with Gasteiger partial charge in [0.1, 0.15) is 17.1 Å². The van der Waals surface area contributed by atoms with Crippen LogP contribution in [0.2, 0.25) is 0 Å². The Balaban J connectivity index is 1.64. The fraction of sp³-hybridized carbons (Fsp3) is 0.222. The molecule has 0 fully saturated rings. The smallest absolute Gasteiger partial charge is 0.251 e. The number of rotatable bonds is 5. The summed E-state index contributed by atoms with van der Waals surface area (Å²) in [5, 5.41) is 13.2. The van der Waals surface area contributed by atoms with Crippen LogP contribution >= 0.6 is 0 Å². The Kier molecular flexibility index (Phi) is 4.22. The minimum atomic E-state index is -1.26. The van der Waals surface area contributed by atoms with E-state index in [1.54, 1.807) is 50.6 Å². The first kappa shape index (κ1) is 16.0. The maximum absolute atomic E-state index is 12.3. The van der Waals surface area contributed by atoms with E-state index < -0.39 is 5.60 Å². The molecule has 2 heterocycles. The van der Waals surface area contributed by atoms with Crippen molar-refractivity contribution in [3.05, 3.63) is 72.2 Å². The van der Waals surface area contributed by atoms with E-state index in [0.717, 1.165) is 5.69 Å². The second kappa shape index (κ2) is 6.33. The van der Waals surface area contributed by atoms with Crippen LogP contribution in [-0.2, 0) is 5.60 Å². The van der Waals surface area contributed by atoms with Crippen molar-refractivity contribution in [2.75, 3.05) is 6.54 Å². The zero-order valence-electron chi connectivity index (χ0n) is 13.6. The number of carbonyl (C=O) groups is 1. The van der Waals surface area contributed by atoms with Crippen LogP contribution in [0.1, 0.15) is 28.8 Å². The molecule has 0 radical (unpaired) electrons. The summed E-state index contributed by atoms with van der Waals surface area (Å²) in [4.78, 5) is 16.2. The number of amides is 1. The summed E-state index contributed by atoms with van der Waals surface area (Å²) < 4.78 is 7.29. The standard InChI is InChI=1S/C18H19N3O3/c1-13-3-8-16(24-13)18(2,23)11-20-17(22)14-4-6-15(7-5-14)21-10-9-19-12-21/h3-10,12,23H,11H2,1-2H3,(H,20,22). The van der Waals surface area contributed by atoms with Gasteiger partial charge in [0, 0.05) is 23.6 Å². The second-order valence-electron chi connectivity index (χ2n) is 5.88. The van der Waals surface area contributed by atoms with Gasteiger partial charge >= 0.3 is 0 Å². The Hall–Kier alpha value is -2.86. The monoisotopic (exact) mass is 325 g/mol. The van der Waals surface area contributed by atoms with E-state index in [0.29, 0.717) is 17.1 Å². The van der Waals surface area contributed by atoms with E-state index in [1.807, 2.05) is 22.9 Å². The fourth-order valence-corrected chi connectivity index (χ4v) is 2.36. The van der Waals surface area contributed by atoms with Crippen molar-refractivity contribution in [2.45, 2.75) is 19.4 Å². The summed E-state index contributed by atoms with van der Waals surface area (Å²) in [6.45, 7) is 3.47. The molecule has 3 rings (SSSR count). The van der Waals surface area contributed by atoms with Crippen molar-refractivity contribution < 1.29 is 14.3 Å². The number of carbonyl (C=O) groups excluding carboxylic acids is 1. The predicted molar refractivity (Wildman–Crippen MR) is 88.9 cm³/mol. The van der Waals surface area contributed by atoms with E-state index in [1.165, 1.54) is 0 Å². The maximum Gasteiger partial charge on any atom is 0.251 e. The van der Waals surface area contributed by atoms with Crippen LogP contribution in [0, 0.1) is 6.92 Å². The molecule has 1 atom stereocenters. The van der Waals surface area contributed by atoms with Gasteiger partial charge in [0.15, 0.2) is 0 Å². The highest BCUT2D eigenvalue weighted by Crippen LogP contribution is 2.22. The van der Waals surface area contributed by atoms with Gasteiger partial charge in [-0.25, -0.2) is 4.98 Å². The molecule has 1 aromatic carbocycles. The van der Waals surface area contributed by atoms with Crippen LogP contribution in [0.5, 0.6) is 0 Å². The van der Waals surface area contributed by atoms with Crippen molar-refractivity contribution in [2.24, 2.45) is 0 Å². The molecular formula is C18H19N3O3. The first-order chi connectivity index (χ1) is 11.5. The number of nitrogens with zero attached hydrogens (tertiary/aromatic N) is 2. The Morgan fingerprint density at radius 2 is 2.04 bits per heavy atom. The summed E-state index contributed by atoms with van der Waals surface area (Å²) in [7, 11) is 0. The van der Waals surface area contributed by atoms with Gasteiger partial charge < -0.3 is 19.4 Å². The number of nitrogens with one attached hydrogen (secondary N) is 1. The van der Waals surface area contributed by atoms with Crippen molar-refractivity contribution in [1.29, 1.82) is 0 Å². The molecule has 2 aromatic heterocycles. The molecule has 0 aliphatic heterocycles. The average molecular weight is 325 g/mol. The van der Waals surface area contributed by atoms with Gasteiger partial charge in [-0.1, -0.05) is 0 Å². The van der Waals surface area contributed by atoms with Crippen molar-refractivity contribution in [3.63, 3.8) is 0 Å². The lowest BCUT2D eigenvalue weighted by molar-refractivity contribution is 0.0323. The number of aryl methyl sites for hydroxylation is 1. The quantitative estimate of drug-likeness (QED) is 0.755. The highest BCUT2D eigenvalue weighted by molar-refractivity contribution is 5.94. The molecule has 24 heavy (non-hydrogen) atoms. The van der Waals surface area contributed by atoms with E-state index in [2.05, 4.69) is 10.3 Å². The predicted octanol–water partition coefficient (Wildman–Crippen LogP) is 2.41. The van der Waals surface area contributed by atoms with E-state index in [9.17, 15) is 9.90 Å². The van der Waals surface area contributed by atoms with Gasteiger partial charge in [0.25, 0.3) is 5.91 Å². The van der Waals surface area contributed by atoms with Gasteiger partial charge in [0.05, 0.1) is 12.9 Å². The maximum atomic E-state index is 12.3. The zero-order valence-corrected chi connectivity index (χ0v) is 13.6. The Morgan fingerprint density at radius 3 is 2.62 bits per heavy atom. The summed E-state index contributed by atoms with van der Waals surface area (Å²) in [5.74, 6) is 0.887. The first-order valence-corrected chi connectivity index (χ1v) is 7.61. The van der Waals surface area contributed by atoms with Crippen LogP contribution in [0.25, 0.3) is 5.69 Å². The molecule has 0 spiro atoms. The fourth-order valence-electron chi connectivity index (χ4n) is 2.36. The van der Waals surface area contributed by atoms with Crippen molar-refractivity contribution in [3.8, 4) is 5.69 Å². The normalized spacial score (nSPS) is 13.5. The van der Waals surface area contributed by atoms with E-state index in [4.69, 9.17) is 4.42 Å². The molecule has 0 saturated carbocycles. The topological polar surface area (TPSA) is 80.3 Å². The molecule has 124 valence electrons. The molecule has 6 heteroatoms.